The van der Waals surface area contributed by atoms with E-state index in [-0.39, 0.29) is 33.3 Å². The molecule has 6 aromatic carbocycles. The highest BCUT2D eigenvalue weighted by Gasteiger charge is 2.41. The molecular formula is C47H37F6N3. The van der Waals surface area contributed by atoms with Crippen LogP contribution in [0.5, 0.6) is 0 Å². The predicted molar refractivity (Wildman–Crippen MR) is 213 cm³/mol. The largest absolute Gasteiger partial charge is 0.417 e. The van der Waals surface area contributed by atoms with Gasteiger partial charge in [-0.2, -0.15) is 31.6 Å². The van der Waals surface area contributed by atoms with Crippen LogP contribution in [0, 0.1) is 11.3 Å². The third-order valence-electron chi connectivity index (χ3n) is 10.7. The monoisotopic (exact) mass is 757 g/mol. The molecule has 0 amide bonds. The maximum atomic E-state index is 14.9. The number of benzene rings is 6. The van der Waals surface area contributed by atoms with Crippen molar-refractivity contribution in [2.24, 2.45) is 0 Å². The van der Waals surface area contributed by atoms with E-state index in [9.17, 15) is 31.6 Å². The predicted octanol–water partition coefficient (Wildman–Crippen LogP) is 14.1. The van der Waals surface area contributed by atoms with Crippen molar-refractivity contribution in [1.82, 2.24) is 9.13 Å². The van der Waals surface area contributed by atoms with Crippen molar-refractivity contribution in [3.05, 3.63) is 143 Å². The first-order chi connectivity index (χ1) is 26.3. The number of para-hydroxylation sites is 2. The van der Waals surface area contributed by atoms with E-state index in [2.05, 4.69) is 59.7 Å². The fourth-order valence-electron chi connectivity index (χ4n) is 7.96. The maximum Gasteiger partial charge on any atom is 0.417 e. The molecule has 0 fully saturated rings. The summed E-state index contributed by atoms with van der Waals surface area (Å²) in [5, 5.41) is 14.5. The van der Waals surface area contributed by atoms with Gasteiger partial charge in [0, 0.05) is 27.1 Å². The molecule has 56 heavy (non-hydrogen) atoms. The van der Waals surface area contributed by atoms with Gasteiger partial charge < -0.3 is 9.13 Å². The van der Waals surface area contributed by atoms with E-state index in [0.29, 0.717) is 34.2 Å². The minimum absolute atomic E-state index is 0.0805. The Kier molecular flexibility index (Phi) is 8.25. The first kappa shape index (κ1) is 36.9. The summed E-state index contributed by atoms with van der Waals surface area (Å²) in [6.45, 7) is 12.5. The Balaban J connectivity index is 1.59. The summed E-state index contributed by atoms with van der Waals surface area (Å²) in [7, 11) is 0. The zero-order chi connectivity index (χ0) is 40.1. The average molecular weight is 758 g/mol. The second kappa shape index (κ2) is 12.5. The van der Waals surface area contributed by atoms with Gasteiger partial charge in [-0.3, -0.25) is 0 Å². The summed E-state index contributed by atoms with van der Waals surface area (Å²) in [6.07, 6.45) is -10.3. The van der Waals surface area contributed by atoms with E-state index >= 15 is 0 Å². The lowest BCUT2D eigenvalue weighted by Gasteiger charge is -2.23. The molecule has 0 bridgehead atoms. The lowest BCUT2D eigenvalue weighted by molar-refractivity contribution is -0.142. The van der Waals surface area contributed by atoms with E-state index < -0.39 is 29.0 Å². The standard InChI is InChI=1S/C47H37F6N3/c1-44(2,3)28-18-20-39-32(24-28)30-12-7-9-16-37(30)55(39)41-22-27(43-35(46(48,49)50)14-11-15-36(43)47(51,52)53)23-42(34(41)26-54)56-38-17-10-8-13-31(38)33-25-29(45(4,5)6)19-21-40(33)56/h7-25H,1-6H3. The van der Waals surface area contributed by atoms with Gasteiger partial charge in [0.25, 0.3) is 0 Å². The van der Waals surface area contributed by atoms with Gasteiger partial charge in [0.1, 0.15) is 11.6 Å². The van der Waals surface area contributed by atoms with Crippen LogP contribution in [-0.4, -0.2) is 9.13 Å². The Hall–Kier alpha value is -6.01. The smallest absolute Gasteiger partial charge is 0.308 e. The zero-order valence-electron chi connectivity index (χ0n) is 31.6. The summed E-state index contributed by atoms with van der Waals surface area (Å²) >= 11 is 0. The van der Waals surface area contributed by atoms with Gasteiger partial charge in [0.2, 0.25) is 0 Å². The molecule has 0 aliphatic carbocycles. The lowest BCUT2D eigenvalue weighted by Crippen LogP contribution is -2.15. The van der Waals surface area contributed by atoms with Gasteiger partial charge in [-0.25, -0.2) is 0 Å². The van der Waals surface area contributed by atoms with Crippen LogP contribution in [-0.2, 0) is 23.2 Å². The van der Waals surface area contributed by atoms with Crippen molar-refractivity contribution < 1.29 is 26.3 Å². The first-order valence-corrected chi connectivity index (χ1v) is 18.2. The third kappa shape index (κ3) is 5.90. The highest BCUT2D eigenvalue weighted by molar-refractivity contribution is 6.11. The maximum absolute atomic E-state index is 14.9. The Bertz CT molecular complexity index is 2730. The molecule has 3 nitrogen and oxygen atoms in total. The molecule has 0 unspecified atom stereocenters. The topological polar surface area (TPSA) is 33.6 Å². The van der Waals surface area contributed by atoms with Gasteiger partial charge in [-0.1, -0.05) is 96.1 Å². The SMILES string of the molecule is CC(C)(C)c1ccc2c(c1)c1ccccc1n2-c1cc(-c2c(C(F)(F)F)cccc2C(F)(F)F)cc(-n2c3ccccc3c3cc(C(C)(C)C)ccc32)c1C#N. The van der Waals surface area contributed by atoms with Crippen molar-refractivity contribution in [1.29, 1.82) is 5.26 Å². The number of fused-ring (bicyclic) bond motifs is 6. The summed E-state index contributed by atoms with van der Waals surface area (Å²) in [5.74, 6) is 0. The Labute approximate surface area is 320 Å². The molecule has 0 saturated carbocycles. The van der Waals surface area contributed by atoms with Gasteiger partial charge in [0.15, 0.2) is 0 Å². The van der Waals surface area contributed by atoms with Crippen LogP contribution in [0.3, 0.4) is 0 Å². The molecule has 0 N–H and O–H groups in total. The second-order valence-corrected chi connectivity index (χ2v) is 16.4. The number of rotatable bonds is 3. The quantitative estimate of drug-likeness (QED) is 0.165. The van der Waals surface area contributed by atoms with Gasteiger partial charge in [-0.05, 0) is 88.2 Å². The highest BCUT2D eigenvalue weighted by Crippen LogP contribution is 2.48. The second-order valence-electron chi connectivity index (χ2n) is 16.4. The van der Waals surface area contributed by atoms with Crippen molar-refractivity contribution >= 4 is 43.6 Å². The van der Waals surface area contributed by atoms with E-state index in [1.807, 2.05) is 72.8 Å². The van der Waals surface area contributed by atoms with Crippen molar-refractivity contribution in [2.45, 2.75) is 64.7 Å². The van der Waals surface area contributed by atoms with Crippen molar-refractivity contribution in [2.75, 3.05) is 0 Å². The molecule has 0 spiro atoms. The van der Waals surface area contributed by atoms with Crippen LogP contribution in [0.1, 0.15) is 69.4 Å². The normalized spacial score (nSPS) is 13.0. The van der Waals surface area contributed by atoms with E-state index in [0.717, 1.165) is 38.7 Å². The molecule has 2 heterocycles. The molecule has 8 aromatic rings. The lowest BCUT2D eigenvalue weighted by atomic mass is 9.86. The van der Waals surface area contributed by atoms with Crippen molar-refractivity contribution in [3.63, 3.8) is 0 Å². The summed E-state index contributed by atoms with van der Waals surface area (Å²) < 4.78 is 92.8. The Morgan fingerprint density at radius 3 is 1.23 bits per heavy atom. The number of nitrogens with zero attached hydrogens (tertiary/aromatic N) is 3. The third-order valence-corrected chi connectivity index (χ3v) is 10.7. The van der Waals surface area contributed by atoms with E-state index in [4.69, 9.17) is 0 Å². The number of nitriles is 1. The highest BCUT2D eigenvalue weighted by atomic mass is 19.4. The number of hydrogen-bond acceptors (Lipinski definition) is 1. The molecule has 9 heteroatoms. The minimum Gasteiger partial charge on any atom is -0.308 e. The fourth-order valence-corrected chi connectivity index (χ4v) is 7.96. The van der Waals surface area contributed by atoms with Crippen LogP contribution in [0.2, 0.25) is 0 Å². The Morgan fingerprint density at radius 2 is 0.857 bits per heavy atom. The molecule has 282 valence electrons. The molecule has 2 aromatic heterocycles. The average Bonchev–Trinajstić information content (AvgIpc) is 3.64. The molecule has 0 aliphatic rings. The first-order valence-electron chi connectivity index (χ1n) is 18.2. The molecule has 0 radical (unpaired) electrons. The van der Waals surface area contributed by atoms with Gasteiger partial charge >= 0.3 is 12.4 Å². The molecule has 0 saturated heterocycles. The molecular weight excluding hydrogens is 721 g/mol. The van der Waals surface area contributed by atoms with Gasteiger partial charge in [-0.15, -0.1) is 0 Å². The summed E-state index contributed by atoms with van der Waals surface area (Å²) in [4.78, 5) is 0. The summed E-state index contributed by atoms with van der Waals surface area (Å²) in [5.41, 5.74) is 0.407. The molecule has 8 rings (SSSR count). The van der Waals surface area contributed by atoms with E-state index in [1.54, 1.807) is 9.13 Å². The number of alkyl halides is 6. The number of halogens is 6. The zero-order valence-corrected chi connectivity index (χ0v) is 31.6. The van der Waals surface area contributed by atoms with Crippen LogP contribution in [0.4, 0.5) is 26.3 Å². The van der Waals surface area contributed by atoms with Crippen LogP contribution in [0.25, 0.3) is 66.1 Å². The molecule has 0 aliphatic heterocycles. The van der Waals surface area contributed by atoms with Crippen LogP contribution in [0.15, 0.2) is 115 Å². The van der Waals surface area contributed by atoms with Crippen LogP contribution >= 0.6 is 0 Å². The minimum atomic E-state index is -5.13. The van der Waals surface area contributed by atoms with E-state index in [1.165, 1.54) is 12.1 Å². The van der Waals surface area contributed by atoms with Crippen LogP contribution < -0.4 is 0 Å². The van der Waals surface area contributed by atoms with Gasteiger partial charge in [0.05, 0.1) is 44.6 Å². The van der Waals surface area contributed by atoms with Crippen molar-refractivity contribution in [3.8, 4) is 28.6 Å². The summed E-state index contributed by atoms with van der Waals surface area (Å²) in [6, 6.07) is 33.9. The Morgan fingerprint density at radius 1 is 0.464 bits per heavy atom. The number of aromatic nitrogens is 2. The molecule has 0 atom stereocenters. The number of hydrogen-bond donors (Lipinski definition) is 0. The fraction of sp³-hybridized carbons (Fsp3) is 0.213.